The van der Waals surface area contributed by atoms with E-state index in [4.69, 9.17) is 10.4 Å². The van der Waals surface area contributed by atoms with Gasteiger partial charge in [0.25, 0.3) is 0 Å². The number of rotatable bonds is 5. The molecule has 0 aliphatic heterocycles. The summed E-state index contributed by atoms with van der Waals surface area (Å²) >= 11 is 0. The maximum absolute atomic E-state index is 13.5. The lowest BCUT2D eigenvalue weighted by Crippen LogP contribution is -2.16. The van der Waals surface area contributed by atoms with Gasteiger partial charge in [-0.25, -0.2) is 4.39 Å². The van der Waals surface area contributed by atoms with E-state index in [1.165, 1.54) is 6.07 Å². The van der Waals surface area contributed by atoms with Gasteiger partial charge in [0.05, 0.1) is 5.56 Å². The van der Waals surface area contributed by atoms with E-state index in [9.17, 15) is 4.39 Å². The largest absolute Gasteiger partial charge is 0.396 e. The van der Waals surface area contributed by atoms with E-state index in [0.29, 0.717) is 25.1 Å². The molecule has 2 N–H and O–H groups in total. The van der Waals surface area contributed by atoms with Gasteiger partial charge in [-0.1, -0.05) is 12.1 Å². The Labute approximate surface area is 88.2 Å². The van der Waals surface area contributed by atoms with E-state index < -0.39 is 5.82 Å². The molecule has 0 amide bonds. The third kappa shape index (κ3) is 3.31. The summed E-state index contributed by atoms with van der Waals surface area (Å²) in [6, 6.07) is 6.54. The molecular formula is C11H13FN2O. The molecule has 15 heavy (non-hydrogen) atoms. The fourth-order valence-electron chi connectivity index (χ4n) is 1.23. The van der Waals surface area contributed by atoms with Crippen LogP contribution in [0.2, 0.25) is 0 Å². The summed E-state index contributed by atoms with van der Waals surface area (Å²) in [4.78, 5) is 0. The molecule has 0 atom stereocenters. The molecule has 80 valence electrons. The van der Waals surface area contributed by atoms with Crippen molar-refractivity contribution in [2.45, 2.75) is 13.0 Å². The minimum Gasteiger partial charge on any atom is -0.396 e. The second-order valence-electron chi connectivity index (χ2n) is 3.14. The third-order valence-corrected chi connectivity index (χ3v) is 2.03. The number of nitrogens with one attached hydrogen (secondary N) is 1. The Morgan fingerprint density at radius 2 is 2.27 bits per heavy atom. The van der Waals surface area contributed by atoms with Crippen molar-refractivity contribution in [3.8, 4) is 6.07 Å². The molecule has 0 bridgehead atoms. The van der Waals surface area contributed by atoms with Gasteiger partial charge in [0, 0.05) is 18.7 Å². The van der Waals surface area contributed by atoms with Crippen molar-refractivity contribution in [1.82, 2.24) is 5.32 Å². The van der Waals surface area contributed by atoms with Crippen LogP contribution in [0.15, 0.2) is 18.2 Å². The average Bonchev–Trinajstić information content (AvgIpc) is 2.26. The van der Waals surface area contributed by atoms with Gasteiger partial charge in [0.2, 0.25) is 0 Å². The lowest BCUT2D eigenvalue weighted by atomic mass is 10.1. The van der Waals surface area contributed by atoms with Crippen LogP contribution in [0.1, 0.15) is 17.5 Å². The summed E-state index contributed by atoms with van der Waals surface area (Å²) in [7, 11) is 0. The van der Waals surface area contributed by atoms with E-state index in [1.807, 2.05) is 0 Å². The van der Waals surface area contributed by atoms with Crippen molar-refractivity contribution in [2.24, 2.45) is 0 Å². The first-order valence-electron chi connectivity index (χ1n) is 4.78. The molecule has 0 aliphatic carbocycles. The lowest BCUT2D eigenvalue weighted by Gasteiger charge is -2.05. The fourth-order valence-corrected chi connectivity index (χ4v) is 1.23. The van der Waals surface area contributed by atoms with E-state index in [0.717, 1.165) is 0 Å². The summed E-state index contributed by atoms with van der Waals surface area (Å²) in [5.74, 6) is -0.462. The molecule has 3 nitrogen and oxygen atoms in total. The number of hydrogen-bond acceptors (Lipinski definition) is 3. The number of nitrogens with zero attached hydrogens (tertiary/aromatic N) is 1. The smallest absolute Gasteiger partial charge is 0.145 e. The summed E-state index contributed by atoms with van der Waals surface area (Å²) < 4.78 is 13.5. The van der Waals surface area contributed by atoms with Crippen molar-refractivity contribution in [3.63, 3.8) is 0 Å². The first kappa shape index (κ1) is 11.6. The average molecular weight is 208 g/mol. The molecule has 0 saturated carbocycles. The van der Waals surface area contributed by atoms with Crippen LogP contribution in [0.3, 0.4) is 0 Å². The van der Waals surface area contributed by atoms with Crippen molar-refractivity contribution < 1.29 is 9.50 Å². The summed E-state index contributed by atoms with van der Waals surface area (Å²) in [5.41, 5.74) is 0.545. The number of aliphatic hydroxyl groups is 1. The number of aliphatic hydroxyl groups excluding tert-OH is 1. The minimum absolute atomic E-state index is 0.0662. The normalized spacial score (nSPS) is 9.93. The van der Waals surface area contributed by atoms with Crippen LogP contribution in [0.5, 0.6) is 0 Å². The third-order valence-electron chi connectivity index (χ3n) is 2.03. The number of benzene rings is 1. The van der Waals surface area contributed by atoms with Crippen LogP contribution >= 0.6 is 0 Å². The molecular weight excluding hydrogens is 195 g/mol. The van der Waals surface area contributed by atoms with E-state index in [-0.39, 0.29) is 12.2 Å². The predicted molar refractivity (Wildman–Crippen MR) is 54.5 cm³/mol. The summed E-state index contributed by atoms with van der Waals surface area (Å²) in [6.45, 7) is 1.13. The van der Waals surface area contributed by atoms with Gasteiger partial charge in [-0.05, 0) is 19.0 Å². The molecule has 0 spiro atoms. The molecule has 0 heterocycles. The SMILES string of the molecule is N#Cc1cccc(CNCCCO)c1F. The second kappa shape index (κ2) is 6.12. The van der Waals surface area contributed by atoms with Crippen molar-refractivity contribution in [3.05, 3.63) is 35.1 Å². The zero-order valence-corrected chi connectivity index (χ0v) is 8.33. The van der Waals surface area contributed by atoms with Crippen molar-refractivity contribution in [2.75, 3.05) is 13.2 Å². The Hall–Kier alpha value is -1.44. The van der Waals surface area contributed by atoms with Crippen LogP contribution in [0, 0.1) is 17.1 Å². The quantitative estimate of drug-likeness (QED) is 0.714. The Morgan fingerprint density at radius 3 is 2.93 bits per heavy atom. The highest BCUT2D eigenvalue weighted by Crippen LogP contribution is 2.11. The highest BCUT2D eigenvalue weighted by atomic mass is 19.1. The summed E-state index contributed by atoms with van der Waals surface area (Å²) in [6.07, 6.45) is 0.638. The van der Waals surface area contributed by atoms with Gasteiger partial charge in [0.1, 0.15) is 11.9 Å². The van der Waals surface area contributed by atoms with E-state index >= 15 is 0 Å². The zero-order chi connectivity index (χ0) is 11.1. The van der Waals surface area contributed by atoms with Gasteiger partial charge in [-0.3, -0.25) is 0 Å². The van der Waals surface area contributed by atoms with Crippen LogP contribution in [0.25, 0.3) is 0 Å². The standard InChI is InChI=1S/C11H13FN2O/c12-11-9(7-13)3-1-4-10(11)8-14-5-2-6-15/h1,3-4,14-15H,2,5-6,8H2. The monoisotopic (exact) mass is 208 g/mol. The maximum atomic E-state index is 13.5. The Bertz CT molecular complexity index is 360. The Morgan fingerprint density at radius 1 is 1.47 bits per heavy atom. The highest BCUT2D eigenvalue weighted by molar-refractivity contribution is 5.34. The molecule has 0 unspecified atom stereocenters. The Balaban J connectivity index is 2.58. The van der Waals surface area contributed by atoms with Crippen LogP contribution < -0.4 is 5.32 Å². The number of nitriles is 1. The summed E-state index contributed by atoms with van der Waals surface area (Å²) in [5, 5.41) is 20.1. The van der Waals surface area contributed by atoms with Crippen LogP contribution in [-0.2, 0) is 6.54 Å². The van der Waals surface area contributed by atoms with Gasteiger partial charge < -0.3 is 10.4 Å². The lowest BCUT2D eigenvalue weighted by molar-refractivity contribution is 0.286. The van der Waals surface area contributed by atoms with Gasteiger partial charge in [-0.15, -0.1) is 0 Å². The second-order valence-corrected chi connectivity index (χ2v) is 3.14. The zero-order valence-electron chi connectivity index (χ0n) is 8.33. The minimum atomic E-state index is -0.462. The van der Waals surface area contributed by atoms with Gasteiger partial charge in [0.15, 0.2) is 0 Å². The molecule has 4 heteroatoms. The highest BCUT2D eigenvalue weighted by Gasteiger charge is 2.06. The van der Waals surface area contributed by atoms with Crippen molar-refractivity contribution in [1.29, 1.82) is 5.26 Å². The van der Waals surface area contributed by atoms with Crippen LogP contribution in [0.4, 0.5) is 4.39 Å². The molecule has 1 aromatic carbocycles. The molecule has 1 rings (SSSR count). The first-order valence-corrected chi connectivity index (χ1v) is 4.78. The first-order chi connectivity index (χ1) is 7.29. The van der Waals surface area contributed by atoms with Gasteiger partial charge >= 0.3 is 0 Å². The van der Waals surface area contributed by atoms with Crippen LogP contribution in [-0.4, -0.2) is 18.3 Å². The predicted octanol–water partition coefficient (Wildman–Crippen LogP) is 1.17. The number of hydrogen-bond donors (Lipinski definition) is 2. The molecule has 0 saturated heterocycles. The Kier molecular flexibility index (Phi) is 4.75. The number of halogens is 1. The molecule has 1 aromatic rings. The molecule has 0 aromatic heterocycles. The fraction of sp³-hybridized carbons (Fsp3) is 0.364. The molecule has 0 radical (unpaired) electrons. The van der Waals surface area contributed by atoms with E-state index in [2.05, 4.69) is 5.32 Å². The molecule has 0 fully saturated rings. The van der Waals surface area contributed by atoms with E-state index in [1.54, 1.807) is 18.2 Å². The maximum Gasteiger partial charge on any atom is 0.145 e. The van der Waals surface area contributed by atoms with Gasteiger partial charge in [-0.2, -0.15) is 5.26 Å². The molecule has 0 aliphatic rings. The topological polar surface area (TPSA) is 56.0 Å². The van der Waals surface area contributed by atoms with Crippen molar-refractivity contribution >= 4 is 0 Å².